The van der Waals surface area contributed by atoms with Crippen molar-refractivity contribution in [2.75, 3.05) is 26.2 Å². The first-order valence-corrected chi connectivity index (χ1v) is 11.9. The first-order valence-electron chi connectivity index (χ1n) is 11.9. The van der Waals surface area contributed by atoms with E-state index in [0.29, 0.717) is 19.5 Å². The SMILES string of the molecule is CCN(CC)C(=O)C[C@H]1CC2(CCN(C(=O)c3ccccc3C)CC2)Oc2ccccc21. The maximum atomic E-state index is 13.1. The van der Waals surface area contributed by atoms with Gasteiger partial charge in [-0.2, -0.15) is 0 Å². The summed E-state index contributed by atoms with van der Waals surface area (Å²) in [5, 5.41) is 0. The Morgan fingerprint density at radius 1 is 1.03 bits per heavy atom. The third-order valence-electron chi connectivity index (χ3n) is 7.18. The van der Waals surface area contributed by atoms with Gasteiger partial charge in [0.15, 0.2) is 0 Å². The molecule has 1 saturated heterocycles. The van der Waals surface area contributed by atoms with Crippen molar-refractivity contribution in [3.63, 3.8) is 0 Å². The molecule has 0 bridgehead atoms. The monoisotopic (exact) mass is 434 g/mol. The Hall–Kier alpha value is -2.82. The van der Waals surface area contributed by atoms with E-state index in [1.54, 1.807) is 0 Å². The zero-order valence-electron chi connectivity index (χ0n) is 19.5. The van der Waals surface area contributed by atoms with Crippen molar-refractivity contribution in [1.82, 2.24) is 9.80 Å². The second kappa shape index (κ2) is 9.35. The lowest BCUT2D eigenvalue weighted by Crippen LogP contribution is -2.52. The third kappa shape index (κ3) is 4.38. The van der Waals surface area contributed by atoms with Crippen molar-refractivity contribution in [2.24, 2.45) is 0 Å². The molecule has 0 saturated carbocycles. The smallest absolute Gasteiger partial charge is 0.254 e. The topological polar surface area (TPSA) is 49.9 Å². The molecule has 0 unspecified atom stereocenters. The summed E-state index contributed by atoms with van der Waals surface area (Å²) < 4.78 is 6.58. The van der Waals surface area contributed by atoms with Gasteiger partial charge in [-0.1, -0.05) is 36.4 Å². The highest BCUT2D eigenvalue weighted by atomic mass is 16.5. The molecule has 2 aliphatic heterocycles. The minimum absolute atomic E-state index is 0.0995. The van der Waals surface area contributed by atoms with Gasteiger partial charge in [0, 0.05) is 56.9 Å². The van der Waals surface area contributed by atoms with Crippen LogP contribution in [0.4, 0.5) is 0 Å². The Morgan fingerprint density at radius 2 is 1.69 bits per heavy atom. The Labute approximate surface area is 191 Å². The average molecular weight is 435 g/mol. The second-order valence-electron chi connectivity index (χ2n) is 9.10. The number of ether oxygens (including phenoxy) is 1. The molecule has 0 N–H and O–H groups in total. The summed E-state index contributed by atoms with van der Waals surface area (Å²) in [4.78, 5) is 29.9. The van der Waals surface area contributed by atoms with E-state index in [-0.39, 0.29) is 23.3 Å². The summed E-state index contributed by atoms with van der Waals surface area (Å²) in [6, 6.07) is 15.9. The lowest BCUT2D eigenvalue weighted by molar-refractivity contribution is -0.131. The molecule has 2 aromatic carbocycles. The van der Waals surface area contributed by atoms with Gasteiger partial charge in [-0.3, -0.25) is 9.59 Å². The van der Waals surface area contributed by atoms with E-state index < -0.39 is 0 Å². The van der Waals surface area contributed by atoms with Crippen LogP contribution in [-0.2, 0) is 4.79 Å². The Balaban J connectivity index is 1.50. The van der Waals surface area contributed by atoms with Crippen LogP contribution in [0.5, 0.6) is 5.75 Å². The van der Waals surface area contributed by atoms with Crippen molar-refractivity contribution in [3.8, 4) is 5.75 Å². The molecule has 32 heavy (non-hydrogen) atoms. The van der Waals surface area contributed by atoms with Crippen LogP contribution >= 0.6 is 0 Å². The summed E-state index contributed by atoms with van der Waals surface area (Å²) in [6.07, 6.45) is 2.91. The molecule has 2 aromatic rings. The number of likely N-dealkylation sites (tertiary alicyclic amines) is 1. The first-order chi connectivity index (χ1) is 15.5. The Kier molecular flexibility index (Phi) is 6.54. The highest BCUT2D eigenvalue weighted by molar-refractivity contribution is 5.95. The van der Waals surface area contributed by atoms with Crippen LogP contribution in [0.2, 0.25) is 0 Å². The number of amides is 2. The van der Waals surface area contributed by atoms with Crippen LogP contribution in [0.25, 0.3) is 0 Å². The number of nitrogens with zero attached hydrogens (tertiary/aromatic N) is 2. The number of carbonyl (C=O) groups is 2. The zero-order valence-corrected chi connectivity index (χ0v) is 19.5. The normalized spacial score (nSPS) is 19.2. The fourth-order valence-corrected chi connectivity index (χ4v) is 5.25. The van der Waals surface area contributed by atoms with Crippen LogP contribution in [0.1, 0.15) is 66.9 Å². The maximum Gasteiger partial charge on any atom is 0.254 e. The maximum absolute atomic E-state index is 13.1. The molecular weight excluding hydrogens is 400 g/mol. The molecular formula is C27H34N2O3. The number of rotatable bonds is 5. The van der Waals surface area contributed by atoms with E-state index in [2.05, 4.69) is 6.07 Å². The van der Waals surface area contributed by atoms with E-state index in [1.165, 1.54) is 0 Å². The quantitative estimate of drug-likeness (QED) is 0.680. The molecule has 2 aliphatic rings. The van der Waals surface area contributed by atoms with E-state index in [1.807, 2.05) is 73.0 Å². The largest absolute Gasteiger partial charge is 0.487 e. The number of benzene rings is 2. The molecule has 1 atom stereocenters. The predicted molar refractivity (Wildman–Crippen MR) is 126 cm³/mol. The van der Waals surface area contributed by atoms with Gasteiger partial charge in [0.05, 0.1) is 0 Å². The number of piperidine rings is 1. The van der Waals surface area contributed by atoms with Crippen LogP contribution < -0.4 is 4.74 Å². The third-order valence-corrected chi connectivity index (χ3v) is 7.18. The number of para-hydroxylation sites is 1. The number of hydrogen-bond acceptors (Lipinski definition) is 3. The van der Waals surface area contributed by atoms with Crippen LogP contribution in [0, 0.1) is 6.92 Å². The Morgan fingerprint density at radius 3 is 2.38 bits per heavy atom. The van der Waals surface area contributed by atoms with Crippen molar-refractivity contribution in [1.29, 1.82) is 0 Å². The highest BCUT2D eigenvalue weighted by Gasteiger charge is 2.44. The summed E-state index contributed by atoms with van der Waals surface area (Å²) >= 11 is 0. The van der Waals surface area contributed by atoms with Gasteiger partial charge in [0.1, 0.15) is 11.4 Å². The van der Waals surface area contributed by atoms with Crippen LogP contribution in [0.3, 0.4) is 0 Å². The lowest BCUT2D eigenvalue weighted by atomic mass is 9.76. The molecule has 2 heterocycles. The molecule has 4 rings (SSSR count). The summed E-state index contributed by atoms with van der Waals surface area (Å²) in [5.74, 6) is 1.35. The molecule has 0 aliphatic carbocycles. The van der Waals surface area contributed by atoms with E-state index in [0.717, 1.165) is 54.8 Å². The molecule has 1 spiro atoms. The predicted octanol–water partition coefficient (Wildman–Crippen LogP) is 4.79. The molecule has 1 fully saturated rings. The van der Waals surface area contributed by atoms with Gasteiger partial charge in [-0.25, -0.2) is 0 Å². The fourth-order valence-electron chi connectivity index (χ4n) is 5.25. The van der Waals surface area contributed by atoms with Crippen LogP contribution in [-0.4, -0.2) is 53.4 Å². The molecule has 0 radical (unpaired) electrons. The van der Waals surface area contributed by atoms with Gasteiger partial charge in [0.2, 0.25) is 5.91 Å². The van der Waals surface area contributed by atoms with Gasteiger partial charge in [-0.05, 0) is 50.5 Å². The molecule has 0 aromatic heterocycles. The number of aryl methyl sites for hydroxylation is 1. The molecule has 5 nitrogen and oxygen atoms in total. The number of fused-ring (bicyclic) bond motifs is 1. The molecule has 170 valence electrons. The second-order valence-corrected chi connectivity index (χ2v) is 9.10. The number of hydrogen-bond donors (Lipinski definition) is 0. The van der Waals surface area contributed by atoms with Crippen molar-refractivity contribution < 1.29 is 14.3 Å². The van der Waals surface area contributed by atoms with Gasteiger partial charge >= 0.3 is 0 Å². The first kappa shape index (κ1) is 22.4. The molecule has 2 amide bonds. The minimum Gasteiger partial charge on any atom is -0.487 e. The minimum atomic E-state index is -0.314. The van der Waals surface area contributed by atoms with Crippen molar-refractivity contribution in [3.05, 3.63) is 65.2 Å². The standard InChI is InChI=1S/C27H34N2O3/c1-4-28(5-2)25(30)18-21-19-27(32-24-13-9-8-12-23(21)24)14-16-29(17-15-27)26(31)22-11-7-6-10-20(22)3/h6-13,21H,4-5,14-19H2,1-3H3/t21-/m0/s1. The van der Waals surface area contributed by atoms with E-state index in [9.17, 15) is 9.59 Å². The van der Waals surface area contributed by atoms with Gasteiger partial charge in [0.25, 0.3) is 5.91 Å². The van der Waals surface area contributed by atoms with Crippen molar-refractivity contribution in [2.45, 2.75) is 58.0 Å². The van der Waals surface area contributed by atoms with E-state index >= 15 is 0 Å². The zero-order chi connectivity index (χ0) is 22.7. The fraction of sp³-hybridized carbons (Fsp3) is 0.481. The summed E-state index contributed by atoms with van der Waals surface area (Å²) in [6.45, 7) is 8.86. The van der Waals surface area contributed by atoms with Crippen molar-refractivity contribution >= 4 is 11.8 Å². The van der Waals surface area contributed by atoms with E-state index in [4.69, 9.17) is 4.74 Å². The lowest BCUT2D eigenvalue weighted by Gasteiger charge is -2.47. The average Bonchev–Trinajstić information content (AvgIpc) is 2.80. The summed E-state index contributed by atoms with van der Waals surface area (Å²) in [7, 11) is 0. The van der Waals surface area contributed by atoms with Gasteiger partial charge in [-0.15, -0.1) is 0 Å². The molecule has 5 heteroatoms. The Bertz CT molecular complexity index is 974. The van der Waals surface area contributed by atoms with Gasteiger partial charge < -0.3 is 14.5 Å². The highest BCUT2D eigenvalue weighted by Crippen LogP contribution is 2.46. The number of carbonyl (C=O) groups excluding carboxylic acids is 2. The van der Waals surface area contributed by atoms with Crippen LogP contribution in [0.15, 0.2) is 48.5 Å². The summed E-state index contributed by atoms with van der Waals surface area (Å²) in [5.41, 5.74) is 2.61.